The smallest absolute Gasteiger partial charge is 0.471 e. The highest BCUT2D eigenvalue weighted by Crippen LogP contribution is 2.30. The van der Waals surface area contributed by atoms with Crippen LogP contribution in [0.15, 0.2) is 24.3 Å². The van der Waals surface area contributed by atoms with E-state index in [2.05, 4.69) is 0 Å². The highest BCUT2D eigenvalue weighted by molar-refractivity contribution is 5.91. The van der Waals surface area contributed by atoms with E-state index in [4.69, 9.17) is 0 Å². The Morgan fingerprint density at radius 3 is 2.13 bits per heavy atom. The lowest BCUT2D eigenvalue weighted by Crippen LogP contribution is -2.43. The van der Waals surface area contributed by atoms with Crippen LogP contribution in [0.2, 0.25) is 0 Å². The zero-order valence-corrected chi connectivity index (χ0v) is 11.6. The molecule has 1 atom stereocenters. The Labute approximate surface area is 126 Å². The third kappa shape index (κ3) is 4.86. The van der Waals surface area contributed by atoms with Gasteiger partial charge in [-0.3, -0.25) is 9.59 Å². The fraction of sp³-hybridized carbons (Fsp3) is 0.385. The van der Waals surface area contributed by atoms with Gasteiger partial charge in [0.15, 0.2) is 0 Å². The topological polar surface area (TPSA) is 57.6 Å². The van der Waals surface area contributed by atoms with Crippen molar-refractivity contribution in [3.63, 3.8) is 0 Å². The van der Waals surface area contributed by atoms with E-state index in [-0.39, 0.29) is 10.5 Å². The van der Waals surface area contributed by atoms with Crippen molar-refractivity contribution in [2.24, 2.45) is 0 Å². The minimum atomic E-state index is -5.31. The van der Waals surface area contributed by atoms with Gasteiger partial charge in [0, 0.05) is 13.6 Å². The molecule has 1 aromatic carbocycles. The van der Waals surface area contributed by atoms with E-state index in [1.807, 2.05) is 0 Å². The number of amides is 1. The lowest BCUT2D eigenvalue weighted by Gasteiger charge is -2.25. The number of ketones is 1. The van der Waals surface area contributed by atoms with Crippen LogP contribution in [-0.2, 0) is 9.59 Å². The van der Waals surface area contributed by atoms with Crippen molar-refractivity contribution in [1.29, 1.82) is 0 Å². The van der Waals surface area contributed by atoms with Crippen LogP contribution in [0.25, 0.3) is 0 Å². The molecule has 0 saturated heterocycles. The molecule has 0 radical (unpaired) electrons. The van der Waals surface area contributed by atoms with E-state index >= 15 is 0 Å². The molecule has 0 heterocycles. The summed E-state index contributed by atoms with van der Waals surface area (Å²) >= 11 is 0. The zero-order valence-electron chi connectivity index (χ0n) is 11.6. The van der Waals surface area contributed by atoms with Crippen LogP contribution < -0.4 is 0 Å². The minimum Gasteiger partial charge on any atom is -0.508 e. The second-order valence-electron chi connectivity index (χ2n) is 4.69. The number of phenols is 1. The second kappa shape index (κ2) is 6.47. The lowest BCUT2D eigenvalue weighted by atomic mass is 9.93. The average molecular weight is 343 g/mol. The number of Topliss-reactive ketones (excluding diaryl/α,β-unsaturated/α-hetero) is 1. The SMILES string of the molecule is CN(C[C@H](C(=O)C(F)(F)F)c1cccc(O)c1)C(=O)C(F)(F)F. The Hall–Kier alpha value is -2.26. The molecule has 1 N–H and O–H groups in total. The molecule has 0 aromatic heterocycles. The van der Waals surface area contributed by atoms with Crippen LogP contribution >= 0.6 is 0 Å². The number of halogens is 6. The number of hydrogen-bond acceptors (Lipinski definition) is 3. The third-order valence-electron chi connectivity index (χ3n) is 2.91. The number of aromatic hydroxyl groups is 1. The Bertz CT molecular complexity index is 596. The summed E-state index contributed by atoms with van der Waals surface area (Å²) in [5.74, 6) is -7.24. The molecule has 1 aromatic rings. The van der Waals surface area contributed by atoms with Gasteiger partial charge < -0.3 is 10.0 Å². The Balaban J connectivity index is 3.16. The van der Waals surface area contributed by atoms with Crippen LogP contribution in [0.1, 0.15) is 11.5 Å². The number of likely N-dealkylation sites (N-methyl/N-ethyl adjacent to an activating group) is 1. The number of nitrogens with zero attached hydrogens (tertiary/aromatic N) is 1. The maximum absolute atomic E-state index is 12.6. The lowest BCUT2D eigenvalue weighted by molar-refractivity contribution is -0.185. The summed E-state index contributed by atoms with van der Waals surface area (Å²) in [6, 6.07) is 4.11. The molecule has 128 valence electrons. The van der Waals surface area contributed by atoms with Gasteiger partial charge in [-0.05, 0) is 17.7 Å². The first-order valence-electron chi connectivity index (χ1n) is 6.06. The standard InChI is InChI=1S/C13H11F6NO3/c1-20(11(23)13(17,18)19)6-9(10(22)12(14,15)16)7-3-2-4-8(21)5-7/h2-5,9,21H,6H2,1H3/t9-/m0/s1. The van der Waals surface area contributed by atoms with Gasteiger partial charge in [0.25, 0.3) is 0 Å². The van der Waals surface area contributed by atoms with Crippen LogP contribution in [0.4, 0.5) is 26.3 Å². The molecule has 0 fully saturated rings. The van der Waals surface area contributed by atoms with Crippen LogP contribution in [0, 0.1) is 0 Å². The molecule has 0 aliphatic carbocycles. The van der Waals surface area contributed by atoms with E-state index in [1.54, 1.807) is 0 Å². The van der Waals surface area contributed by atoms with Gasteiger partial charge in [0.1, 0.15) is 5.75 Å². The van der Waals surface area contributed by atoms with Crippen molar-refractivity contribution >= 4 is 11.7 Å². The molecule has 0 saturated carbocycles. The Morgan fingerprint density at radius 1 is 1.13 bits per heavy atom. The van der Waals surface area contributed by atoms with Gasteiger partial charge in [-0.15, -0.1) is 0 Å². The third-order valence-corrected chi connectivity index (χ3v) is 2.91. The number of carbonyl (C=O) groups excluding carboxylic acids is 2. The predicted octanol–water partition coefficient (Wildman–Crippen LogP) is 2.63. The van der Waals surface area contributed by atoms with Gasteiger partial charge in [0.2, 0.25) is 5.78 Å². The van der Waals surface area contributed by atoms with E-state index in [9.17, 15) is 41.0 Å². The Kier molecular flexibility index (Phi) is 5.28. The quantitative estimate of drug-likeness (QED) is 0.855. The summed E-state index contributed by atoms with van der Waals surface area (Å²) in [6.45, 7) is -1.14. The van der Waals surface area contributed by atoms with Crippen molar-refractivity contribution in [2.45, 2.75) is 18.3 Å². The first-order chi connectivity index (χ1) is 10.3. The first kappa shape index (κ1) is 18.8. The monoisotopic (exact) mass is 343 g/mol. The van der Waals surface area contributed by atoms with Crippen LogP contribution in [0.3, 0.4) is 0 Å². The molecular formula is C13H11F6NO3. The molecule has 23 heavy (non-hydrogen) atoms. The maximum atomic E-state index is 12.6. The molecule has 0 aliphatic rings. The molecular weight excluding hydrogens is 332 g/mol. The largest absolute Gasteiger partial charge is 0.508 e. The summed E-state index contributed by atoms with van der Waals surface area (Å²) in [5.41, 5.74) is -0.353. The van der Waals surface area contributed by atoms with Crippen molar-refractivity contribution in [2.75, 3.05) is 13.6 Å². The molecule has 0 aliphatic heterocycles. The van der Waals surface area contributed by atoms with Crippen molar-refractivity contribution in [1.82, 2.24) is 4.90 Å². The van der Waals surface area contributed by atoms with Gasteiger partial charge >= 0.3 is 18.3 Å². The molecule has 1 rings (SSSR count). The molecule has 10 heteroatoms. The van der Waals surface area contributed by atoms with E-state index in [0.29, 0.717) is 7.05 Å². The summed E-state index contributed by atoms with van der Waals surface area (Å²) in [4.78, 5) is 22.5. The van der Waals surface area contributed by atoms with Crippen LogP contribution in [0.5, 0.6) is 5.75 Å². The summed E-state index contributed by atoms with van der Waals surface area (Å²) < 4.78 is 74.8. The zero-order chi connectivity index (χ0) is 18.0. The maximum Gasteiger partial charge on any atom is 0.471 e. The summed E-state index contributed by atoms with van der Waals surface area (Å²) in [7, 11) is 0.634. The number of carbonyl (C=O) groups is 2. The Morgan fingerprint density at radius 2 is 1.70 bits per heavy atom. The van der Waals surface area contributed by atoms with Crippen LogP contribution in [-0.4, -0.2) is 47.6 Å². The number of benzene rings is 1. The fourth-order valence-corrected chi connectivity index (χ4v) is 1.85. The average Bonchev–Trinajstić information content (AvgIpc) is 2.40. The van der Waals surface area contributed by atoms with Gasteiger partial charge in [-0.1, -0.05) is 12.1 Å². The normalized spacial score (nSPS) is 13.5. The molecule has 0 bridgehead atoms. The van der Waals surface area contributed by atoms with E-state index in [1.165, 1.54) is 0 Å². The molecule has 4 nitrogen and oxygen atoms in total. The van der Waals surface area contributed by atoms with Crippen molar-refractivity contribution < 1.29 is 41.0 Å². The summed E-state index contributed by atoms with van der Waals surface area (Å²) in [6.07, 6.45) is -10.6. The van der Waals surface area contributed by atoms with Crippen molar-refractivity contribution in [3.8, 4) is 5.75 Å². The number of alkyl halides is 6. The molecule has 1 amide bonds. The first-order valence-corrected chi connectivity index (χ1v) is 6.06. The highest BCUT2D eigenvalue weighted by atomic mass is 19.4. The van der Waals surface area contributed by atoms with Crippen molar-refractivity contribution in [3.05, 3.63) is 29.8 Å². The highest BCUT2D eigenvalue weighted by Gasteiger charge is 2.47. The van der Waals surface area contributed by atoms with Gasteiger partial charge in [-0.25, -0.2) is 0 Å². The number of hydrogen-bond donors (Lipinski definition) is 1. The van der Waals surface area contributed by atoms with E-state index in [0.717, 1.165) is 24.3 Å². The number of phenolic OH excluding ortho intramolecular Hbond substituents is 1. The minimum absolute atomic E-state index is 0.0155. The molecule has 0 unspecified atom stereocenters. The fourth-order valence-electron chi connectivity index (χ4n) is 1.85. The molecule has 0 spiro atoms. The summed E-state index contributed by atoms with van der Waals surface area (Å²) in [5, 5.41) is 9.27. The van der Waals surface area contributed by atoms with E-state index < -0.39 is 42.3 Å². The van der Waals surface area contributed by atoms with Gasteiger partial charge in [0.05, 0.1) is 5.92 Å². The number of rotatable bonds is 4. The predicted molar refractivity (Wildman–Crippen MR) is 65.6 cm³/mol. The second-order valence-corrected chi connectivity index (χ2v) is 4.69. The van der Waals surface area contributed by atoms with Gasteiger partial charge in [-0.2, -0.15) is 26.3 Å².